The summed E-state index contributed by atoms with van der Waals surface area (Å²) in [6, 6.07) is 73.6. The van der Waals surface area contributed by atoms with Crippen LogP contribution in [0.5, 0.6) is 0 Å². The van der Waals surface area contributed by atoms with Crippen molar-refractivity contribution in [2.75, 3.05) is 9.80 Å². The van der Waals surface area contributed by atoms with Crippen LogP contribution in [0, 0.1) is 0 Å². The molecule has 0 aliphatic carbocycles. The Hall–Kier alpha value is -7.30. The van der Waals surface area contributed by atoms with E-state index in [-0.39, 0.29) is 0 Å². The van der Waals surface area contributed by atoms with Gasteiger partial charge in [-0.15, -0.1) is 0 Å². The van der Waals surface area contributed by atoms with Crippen LogP contribution in [0.3, 0.4) is 0 Å². The third-order valence-corrected chi connectivity index (χ3v) is 10.3. The highest BCUT2D eigenvalue weighted by Gasteiger charge is 2.15. The number of para-hydroxylation sites is 4. The van der Waals surface area contributed by atoms with E-state index in [1.807, 2.05) is 0 Å². The Labute approximate surface area is 314 Å². The largest absolute Gasteiger partial charge is 0.317 e. The van der Waals surface area contributed by atoms with Crippen LogP contribution in [0.4, 0.5) is 34.1 Å². The van der Waals surface area contributed by atoms with E-state index < -0.39 is 0 Å². The molecule has 8 aromatic carbocycles. The van der Waals surface area contributed by atoms with Crippen LogP contribution in [0.2, 0.25) is 0 Å². The second-order valence-electron chi connectivity index (χ2n) is 13.6. The Balaban J connectivity index is 0.974. The molecule has 2 heterocycles. The molecule has 0 radical (unpaired) electrons. The van der Waals surface area contributed by atoms with E-state index in [0.717, 1.165) is 45.5 Å². The third-order valence-electron chi connectivity index (χ3n) is 10.3. The average molecular weight is 693 g/mol. The molecule has 10 rings (SSSR count). The van der Waals surface area contributed by atoms with Crippen LogP contribution in [0.25, 0.3) is 44.0 Å². The van der Waals surface area contributed by atoms with E-state index in [9.17, 15) is 0 Å². The maximum atomic E-state index is 2.33. The lowest BCUT2D eigenvalue weighted by Crippen LogP contribution is -2.09. The van der Waals surface area contributed by atoms with Gasteiger partial charge in [0.25, 0.3) is 0 Å². The molecule has 0 fully saturated rings. The Morgan fingerprint density at radius 3 is 0.870 bits per heavy atom. The summed E-state index contributed by atoms with van der Waals surface area (Å²) >= 11 is 0. The summed E-state index contributed by atoms with van der Waals surface area (Å²) in [6.07, 6.45) is 4.36. The molecule has 0 unspecified atom stereocenters. The van der Waals surface area contributed by atoms with Gasteiger partial charge in [0.1, 0.15) is 0 Å². The number of rotatable bonds is 8. The number of fused-ring (bicyclic) bond motifs is 3. The number of hydrogen-bond donors (Lipinski definition) is 0. The van der Waals surface area contributed by atoms with Gasteiger partial charge in [-0.1, -0.05) is 72.8 Å². The Morgan fingerprint density at radius 2 is 0.556 bits per heavy atom. The van der Waals surface area contributed by atoms with Crippen LogP contribution in [0.1, 0.15) is 0 Å². The highest BCUT2D eigenvalue weighted by atomic mass is 15.1. The van der Waals surface area contributed by atoms with Crippen LogP contribution < -0.4 is 9.80 Å². The summed E-state index contributed by atoms with van der Waals surface area (Å²) in [4.78, 5) is 4.59. The maximum Gasteiger partial charge on any atom is 0.0534 e. The van der Waals surface area contributed by atoms with Gasteiger partial charge in [0, 0.05) is 68.7 Å². The lowest BCUT2D eigenvalue weighted by molar-refractivity contribution is 1.12. The Kier molecular flexibility index (Phi) is 7.77. The molecule has 0 amide bonds. The van der Waals surface area contributed by atoms with Crippen molar-refractivity contribution in [3.63, 3.8) is 0 Å². The molecule has 2 aromatic heterocycles. The van der Waals surface area contributed by atoms with Gasteiger partial charge < -0.3 is 18.9 Å². The topological polar surface area (TPSA) is 16.3 Å². The molecule has 0 spiro atoms. The van der Waals surface area contributed by atoms with Gasteiger partial charge in [0.15, 0.2) is 0 Å². The van der Waals surface area contributed by atoms with E-state index in [1.54, 1.807) is 0 Å². The van der Waals surface area contributed by atoms with Gasteiger partial charge in [-0.2, -0.15) is 0 Å². The first kappa shape index (κ1) is 31.4. The fourth-order valence-corrected chi connectivity index (χ4v) is 7.69. The molecule has 4 heteroatoms. The van der Waals surface area contributed by atoms with Gasteiger partial charge in [-0.3, -0.25) is 0 Å². The lowest BCUT2D eigenvalue weighted by atomic mass is 10.1. The van der Waals surface area contributed by atoms with Crippen LogP contribution >= 0.6 is 0 Å². The normalized spacial score (nSPS) is 11.3. The minimum atomic E-state index is 1.12. The van der Waals surface area contributed by atoms with Crippen LogP contribution in [0.15, 0.2) is 219 Å². The molecule has 54 heavy (non-hydrogen) atoms. The van der Waals surface area contributed by atoms with Crippen molar-refractivity contribution >= 4 is 66.7 Å². The SMILES string of the molecule is c1ccc(N(c2ccccc2)c2ccc(-n3ccc4cc5cc6c(ccn6-c6ccc(N(c7ccccc7)c7ccccc7)cc6)cc5cc43)cc2)cc1. The lowest BCUT2D eigenvalue weighted by Gasteiger charge is -2.25. The zero-order chi connectivity index (χ0) is 35.8. The minimum absolute atomic E-state index is 1.12. The van der Waals surface area contributed by atoms with Crippen LogP contribution in [-0.4, -0.2) is 9.13 Å². The molecular formula is C50H36N4. The van der Waals surface area contributed by atoms with E-state index in [1.165, 1.54) is 32.6 Å². The molecule has 0 aliphatic rings. The molecule has 4 nitrogen and oxygen atoms in total. The number of anilines is 6. The summed E-state index contributed by atoms with van der Waals surface area (Å²) < 4.78 is 4.58. The molecule has 0 bridgehead atoms. The first-order valence-electron chi connectivity index (χ1n) is 18.3. The van der Waals surface area contributed by atoms with Crippen molar-refractivity contribution in [1.82, 2.24) is 9.13 Å². The maximum absolute atomic E-state index is 2.33. The van der Waals surface area contributed by atoms with Crippen molar-refractivity contribution in [2.24, 2.45) is 0 Å². The molecular weight excluding hydrogens is 657 g/mol. The number of aromatic nitrogens is 2. The monoisotopic (exact) mass is 692 g/mol. The summed E-state index contributed by atoms with van der Waals surface area (Å²) in [6.45, 7) is 0. The second kappa shape index (κ2) is 13.4. The number of benzene rings is 8. The predicted molar refractivity (Wildman–Crippen MR) is 227 cm³/mol. The summed E-state index contributed by atoms with van der Waals surface area (Å²) in [5.74, 6) is 0. The van der Waals surface area contributed by atoms with E-state index in [0.29, 0.717) is 0 Å². The van der Waals surface area contributed by atoms with Crippen molar-refractivity contribution in [3.8, 4) is 11.4 Å². The fourth-order valence-electron chi connectivity index (χ4n) is 7.69. The van der Waals surface area contributed by atoms with Crippen molar-refractivity contribution in [1.29, 1.82) is 0 Å². The molecule has 10 aromatic rings. The summed E-state index contributed by atoms with van der Waals surface area (Å²) in [5.41, 5.74) is 11.4. The summed E-state index contributed by atoms with van der Waals surface area (Å²) in [5, 5.41) is 4.87. The van der Waals surface area contributed by atoms with Gasteiger partial charge in [-0.05, 0) is 144 Å². The zero-order valence-electron chi connectivity index (χ0n) is 29.6. The second-order valence-corrected chi connectivity index (χ2v) is 13.6. The van der Waals surface area contributed by atoms with Gasteiger partial charge in [0.2, 0.25) is 0 Å². The summed E-state index contributed by atoms with van der Waals surface area (Å²) in [7, 11) is 0. The van der Waals surface area contributed by atoms with E-state index in [2.05, 4.69) is 238 Å². The van der Waals surface area contributed by atoms with Crippen molar-refractivity contribution < 1.29 is 0 Å². The fraction of sp³-hybridized carbons (Fsp3) is 0. The van der Waals surface area contributed by atoms with Gasteiger partial charge >= 0.3 is 0 Å². The molecule has 0 saturated carbocycles. The third kappa shape index (κ3) is 5.67. The predicted octanol–water partition coefficient (Wildman–Crippen LogP) is 13.7. The molecule has 0 atom stereocenters. The first-order valence-corrected chi connectivity index (χ1v) is 18.3. The number of nitrogens with zero attached hydrogens (tertiary/aromatic N) is 4. The molecule has 0 saturated heterocycles. The van der Waals surface area contributed by atoms with Gasteiger partial charge in [-0.25, -0.2) is 0 Å². The number of hydrogen-bond acceptors (Lipinski definition) is 2. The van der Waals surface area contributed by atoms with E-state index in [4.69, 9.17) is 0 Å². The van der Waals surface area contributed by atoms with Gasteiger partial charge in [0.05, 0.1) is 11.0 Å². The smallest absolute Gasteiger partial charge is 0.0534 e. The quantitative estimate of drug-likeness (QED) is 0.158. The molecule has 0 N–H and O–H groups in total. The van der Waals surface area contributed by atoms with Crippen molar-refractivity contribution in [3.05, 3.63) is 219 Å². The average Bonchev–Trinajstić information content (AvgIpc) is 3.85. The standard InChI is InChI=1S/C50H36N4/c1-5-13-43(14-6-1)53(44-15-7-2-8-16-44)47-25-21-41(22-26-47)51-31-29-37-33-40-36-50-38(34-39(40)35-49(37)51)30-32-52(50)42-23-27-48(28-24-42)54(45-17-9-3-10-18-45)46-19-11-4-12-20-46/h1-36H. The van der Waals surface area contributed by atoms with Crippen LogP contribution in [-0.2, 0) is 0 Å². The Bertz CT molecular complexity index is 2560. The first-order chi connectivity index (χ1) is 26.8. The van der Waals surface area contributed by atoms with E-state index >= 15 is 0 Å². The highest BCUT2D eigenvalue weighted by molar-refractivity contribution is 6.04. The zero-order valence-corrected chi connectivity index (χ0v) is 29.6. The highest BCUT2D eigenvalue weighted by Crippen LogP contribution is 2.37. The Morgan fingerprint density at radius 1 is 0.259 bits per heavy atom. The van der Waals surface area contributed by atoms with Crippen molar-refractivity contribution in [2.45, 2.75) is 0 Å². The molecule has 256 valence electrons. The minimum Gasteiger partial charge on any atom is -0.317 e. The molecule has 0 aliphatic heterocycles.